The Labute approximate surface area is 240 Å². The van der Waals surface area contributed by atoms with Crippen LogP contribution in [0.15, 0.2) is 12.1 Å². The third-order valence-electron chi connectivity index (χ3n) is 7.40. The van der Waals surface area contributed by atoms with Gasteiger partial charge in [-0.25, -0.2) is 0 Å². The first kappa shape index (κ1) is 28.8. The van der Waals surface area contributed by atoms with E-state index in [4.69, 9.17) is 9.47 Å². The molecule has 0 aromatic heterocycles. The number of methoxy groups -OCH3 is 2. The van der Waals surface area contributed by atoms with E-state index in [0.29, 0.717) is 0 Å². The van der Waals surface area contributed by atoms with Crippen molar-refractivity contribution in [2.24, 2.45) is 5.92 Å². The van der Waals surface area contributed by atoms with Gasteiger partial charge in [0.05, 0.1) is 40.9 Å². The molecule has 1 N–H and O–H groups in total. The molecule has 0 saturated carbocycles. The molecule has 0 radical (unpaired) electrons. The standard InChI is InChI=1S/C28H32IN3O7/c1-5-7-8-15(6-2)14-32-26(35)17-12-18(38-3)23-21-16(11-19(39-4)24(22(17)21)28(32)37)25(34)31(27(23)36)10-9-30-20(33)13-29/h11-12,15H,5-10,13-14H2,1-4H3,(H,30,33). The van der Waals surface area contributed by atoms with E-state index in [1.165, 1.54) is 31.3 Å². The van der Waals surface area contributed by atoms with Crippen LogP contribution in [0.3, 0.4) is 0 Å². The average molecular weight is 649 g/mol. The Hall–Kier alpha value is -3.22. The van der Waals surface area contributed by atoms with Crippen molar-refractivity contribution in [2.45, 2.75) is 39.5 Å². The number of ether oxygens (including phenoxy) is 2. The maximum atomic E-state index is 13.8. The molecule has 2 heterocycles. The van der Waals surface area contributed by atoms with Crippen LogP contribution in [0.25, 0.3) is 10.8 Å². The number of rotatable bonds is 12. The third-order valence-corrected chi connectivity index (χ3v) is 8.10. The Kier molecular flexibility index (Phi) is 8.77. The highest BCUT2D eigenvalue weighted by molar-refractivity contribution is 14.1. The van der Waals surface area contributed by atoms with Crippen LogP contribution < -0.4 is 14.8 Å². The average Bonchev–Trinajstić information content (AvgIpc) is 2.95. The number of hydrogen-bond acceptors (Lipinski definition) is 7. The van der Waals surface area contributed by atoms with E-state index in [0.717, 1.165) is 30.6 Å². The van der Waals surface area contributed by atoms with Crippen molar-refractivity contribution in [2.75, 3.05) is 38.3 Å². The van der Waals surface area contributed by atoms with Crippen molar-refractivity contribution in [3.63, 3.8) is 0 Å². The maximum Gasteiger partial charge on any atom is 0.265 e. The highest BCUT2D eigenvalue weighted by Gasteiger charge is 2.43. The molecular weight excluding hydrogens is 617 g/mol. The molecule has 208 valence electrons. The van der Waals surface area contributed by atoms with E-state index >= 15 is 0 Å². The minimum atomic E-state index is -0.622. The Bertz CT molecular complexity index is 1370. The SMILES string of the molecule is CCCCC(CC)CN1C(=O)c2cc(OC)c3c4c(cc(OC)c(c24)C1=O)C(=O)N(CCNC(=O)CI)C3=O. The summed E-state index contributed by atoms with van der Waals surface area (Å²) in [5, 5.41) is 3.10. The zero-order chi connectivity index (χ0) is 28.4. The van der Waals surface area contributed by atoms with Crippen molar-refractivity contribution in [1.82, 2.24) is 15.1 Å². The smallest absolute Gasteiger partial charge is 0.265 e. The lowest BCUT2D eigenvalue weighted by atomic mass is 9.84. The zero-order valence-corrected chi connectivity index (χ0v) is 24.7. The van der Waals surface area contributed by atoms with Gasteiger partial charge in [-0.15, -0.1) is 0 Å². The number of carbonyl (C=O) groups excluding carboxylic acids is 5. The predicted molar refractivity (Wildman–Crippen MR) is 153 cm³/mol. The first-order chi connectivity index (χ1) is 18.7. The van der Waals surface area contributed by atoms with Gasteiger partial charge in [-0.1, -0.05) is 55.7 Å². The Morgan fingerprint density at radius 1 is 0.897 bits per heavy atom. The first-order valence-corrected chi connectivity index (χ1v) is 14.6. The van der Waals surface area contributed by atoms with Gasteiger partial charge in [0.1, 0.15) is 11.5 Å². The van der Waals surface area contributed by atoms with E-state index in [9.17, 15) is 24.0 Å². The molecule has 1 unspecified atom stereocenters. The van der Waals surface area contributed by atoms with Crippen LogP contribution in [0.2, 0.25) is 0 Å². The van der Waals surface area contributed by atoms with Crippen molar-refractivity contribution < 1.29 is 33.4 Å². The Morgan fingerprint density at radius 2 is 1.44 bits per heavy atom. The normalized spacial score (nSPS) is 15.2. The molecule has 0 fully saturated rings. The number of alkyl halides is 1. The molecule has 2 aliphatic rings. The molecule has 5 amide bonds. The molecular formula is C28H32IN3O7. The van der Waals surface area contributed by atoms with Gasteiger partial charge in [0.2, 0.25) is 5.91 Å². The molecule has 0 saturated heterocycles. The van der Waals surface area contributed by atoms with E-state index in [1.807, 2.05) is 29.5 Å². The molecule has 39 heavy (non-hydrogen) atoms. The summed E-state index contributed by atoms with van der Waals surface area (Å²) in [6, 6.07) is 2.93. The minimum Gasteiger partial charge on any atom is -0.496 e. The topological polar surface area (TPSA) is 122 Å². The summed E-state index contributed by atoms with van der Waals surface area (Å²) >= 11 is 1.92. The summed E-state index contributed by atoms with van der Waals surface area (Å²) in [5.41, 5.74) is 0.569. The number of benzene rings is 2. The summed E-state index contributed by atoms with van der Waals surface area (Å²) in [6.07, 6.45) is 3.71. The third kappa shape index (κ3) is 4.96. The molecule has 0 spiro atoms. The fraction of sp³-hybridized carbons (Fsp3) is 0.464. The van der Waals surface area contributed by atoms with Gasteiger partial charge >= 0.3 is 0 Å². The van der Waals surface area contributed by atoms with Gasteiger partial charge in [0.15, 0.2) is 0 Å². The first-order valence-electron chi connectivity index (χ1n) is 13.0. The molecule has 0 aliphatic carbocycles. The molecule has 0 bridgehead atoms. The number of nitrogens with zero attached hydrogens (tertiary/aromatic N) is 2. The maximum absolute atomic E-state index is 13.8. The number of amides is 5. The highest BCUT2D eigenvalue weighted by Crippen LogP contribution is 2.45. The van der Waals surface area contributed by atoms with Crippen molar-refractivity contribution in [3.05, 3.63) is 34.4 Å². The van der Waals surface area contributed by atoms with Gasteiger partial charge in [0.25, 0.3) is 23.6 Å². The molecule has 11 heteroatoms. The van der Waals surface area contributed by atoms with Crippen LogP contribution in [0.4, 0.5) is 0 Å². The fourth-order valence-electron chi connectivity index (χ4n) is 5.31. The van der Waals surface area contributed by atoms with E-state index in [2.05, 4.69) is 12.2 Å². The number of halogens is 1. The molecule has 2 aromatic carbocycles. The van der Waals surface area contributed by atoms with Crippen LogP contribution in [0.5, 0.6) is 11.5 Å². The summed E-state index contributed by atoms with van der Waals surface area (Å²) in [5.74, 6) is -2.01. The van der Waals surface area contributed by atoms with E-state index < -0.39 is 23.6 Å². The predicted octanol–water partition coefficient (Wildman–Crippen LogP) is 3.82. The van der Waals surface area contributed by atoms with Crippen LogP contribution in [-0.4, -0.2) is 77.6 Å². The summed E-state index contributed by atoms with van der Waals surface area (Å²) in [4.78, 5) is 68.8. The molecule has 2 aliphatic heterocycles. The quantitative estimate of drug-likeness (QED) is 0.211. The largest absolute Gasteiger partial charge is 0.496 e. The van der Waals surface area contributed by atoms with Gasteiger partial charge in [-0.2, -0.15) is 0 Å². The number of nitrogens with one attached hydrogen (secondary N) is 1. The van der Waals surface area contributed by atoms with Crippen LogP contribution >= 0.6 is 22.6 Å². The van der Waals surface area contributed by atoms with Crippen LogP contribution in [-0.2, 0) is 4.79 Å². The van der Waals surface area contributed by atoms with Gasteiger partial charge in [0, 0.05) is 30.4 Å². The Balaban J connectivity index is 1.87. The summed E-state index contributed by atoms with van der Waals surface area (Å²) in [6.45, 7) is 4.42. The van der Waals surface area contributed by atoms with Gasteiger partial charge < -0.3 is 14.8 Å². The van der Waals surface area contributed by atoms with Crippen molar-refractivity contribution >= 4 is 62.9 Å². The lowest BCUT2D eigenvalue weighted by Gasteiger charge is -2.34. The lowest BCUT2D eigenvalue weighted by Crippen LogP contribution is -2.46. The highest BCUT2D eigenvalue weighted by atomic mass is 127. The zero-order valence-electron chi connectivity index (χ0n) is 22.5. The molecule has 1 atom stereocenters. The number of carbonyl (C=O) groups is 5. The second kappa shape index (κ2) is 11.9. The second-order valence-corrected chi connectivity index (χ2v) is 10.4. The minimum absolute atomic E-state index is 0.0578. The van der Waals surface area contributed by atoms with Gasteiger partial charge in [-0.05, 0) is 24.5 Å². The lowest BCUT2D eigenvalue weighted by molar-refractivity contribution is -0.118. The van der Waals surface area contributed by atoms with Crippen molar-refractivity contribution in [1.29, 1.82) is 0 Å². The second-order valence-electron chi connectivity index (χ2n) is 9.64. The molecule has 10 nitrogen and oxygen atoms in total. The molecule has 4 rings (SSSR count). The van der Waals surface area contributed by atoms with Crippen molar-refractivity contribution in [3.8, 4) is 11.5 Å². The van der Waals surface area contributed by atoms with Crippen LogP contribution in [0, 0.1) is 5.92 Å². The summed E-state index contributed by atoms with van der Waals surface area (Å²) in [7, 11) is 2.78. The number of imide groups is 2. The molecule has 2 aromatic rings. The van der Waals surface area contributed by atoms with E-state index in [1.54, 1.807) is 0 Å². The summed E-state index contributed by atoms with van der Waals surface area (Å²) < 4.78 is 11.4. The van der Waals surface area contributed by atoms with Gasteiger partial charge in [-0.3, -0.25) is 33.8 Å². The van der Waals surface area contributed by atoms with E-state index in [-0.39, 0.29) is 80.4 Å². The number of unbranched alkanes of at least 4 members (excludes halogenated alkanes) is 1. The number of hydrogen-bond donors (Lipinski definition) is 1. The Morgan fingerprint density at radius 3 is 1.92 bits per heavy atom. The monoisotopic (exact) mass is 649 g/mol. The fourth-order valence-corrected chi connectivity index (χ4v) is 5.58. The van der Waals surface area contributed by atoms with Crippen LogP contribution in [0.1, 0.15) is 81.0 Å².